The average molecular weight is 249 g/mol. The SMILES string of the molecule is Cc1c(N)cccc1NCCC(=O)NCC(C)C. The Kier molecular flexibility index (Phi) is 5.49. The van der Waals surface area contributed by atoms with Gasteiger partial charge in [-0.2, -0.15) is 0 Å². The number of nitrogen functional groups attached to an aromatic ring is 1. The van der Waals surface area contributed by atoms with Crippen LogP contribution in [0.4, 0.5) is 11.4 Å². The van der Waals surface area contributed by atoms with Crippen molar-refractivity contribution >= 4 is 17.3 Å². The van der Waals surface area contributed by atoms with Gasteiger partial charge >= 0.3 is 0 Å². The Balaban J connectivity index is 2.33. The molecule has 0 aliphatic rings. The summed E-state index contributed by atoms with van der Waals surface area (Å²) in [5, 5.41) is 6.12. The summed E-state index contributed by atoms with van der Waals surface area (Å²) in [5.41, 5.74) is 8.60. The van der Waals surface area contributed by atoms with E-state index in [0.29, 0.717) is 18.9 Å². The summed E-state index contributed by atoms with van der Waals surface area (Å²) < 4.78 is 0. The molecule has 1 aromatic carbocycles. The van der Waals surface area contributed by atoms with Crippen molar-refractivity contribution < 1.29 is 4.79 Å². The minimum atomic E-state index is 0.0813. The Bertz CT molecular complexity index is 402. The maximum absolute atomic E-state index is 11.5. The monoisotopic (exact) mass is 249 g/mol. The number of hydrogen-bond acceptors (Lipinski definition) is 3. The first kappa shape index (κ1) is 14.4. The zero-order valence-electron chi connectivity index (χ0n) is 11.4. The molecule has 0 bridgehead atoms. The van der Waals surface area contributed by atoms with Gasteiger partial charge in [0.1, 0.15) is 0 Å². The quantitative estimate of drug-likeness (QED) is 0.677. The molecule has 4 N–H and O–H groups in total. The number of carbonyl (C=O) groups is 1. The molecule has 0 aliphatic heterocycles. The Morgan fingerprint density at radius 1 is 1.39 bits per heavy atom. The highest BCUT2D eigenvalue weighted by Crippen LogP contribution is 2.20. The van der Waals surface area contributed by atoms with Gasteiger partial charge < -0.3 is 16.4 Å². The average Bonchev–Trinajstić information content (AvgIpc) is 2.32. The lowest BCUT2D eigenvalue weighted by molar-refractivity contribution is -0.120. The van der Waals surface area contributed by atoms with Crippen LogP contribution in [0.25, 0.3) is 0 Å². The van der Waals surface area contributed by atoms with Gasteiger partial charge in [-0.15, -0.1) is 0 Å². The smallest absolute Gasteiger partial charge is 0.221 e. The molecule has 0 aliphatic carbocycles. The molecule has 0 saturated carbocycles. The summed E-state index contributed by atoms with van der Waals surface area (Å²) in [6.07, 6.45) is 0.473. The summed E-state index contributed by atoms with van der Waals surface area (Å²) in [7, 11) is 0. The van der Waals surface area contributed by atoms with Crippen LogP contribution >= 0.6 is 0 Å². The Hall–Kier alpha value is -1.71. The number of nitrogens with one attached hydrogen (secondary N) is 2. The number of rotatable bonds is 6. The van der Waals surface area contributed by atoms with Gasteiger partial charge in [0.05, 0.1) is 0 Å². The van der Waals surface area contributed by atoms with Gasteiger partial charge in [-0.05, 0) is 30.5 Å². The highest BCUT2D eigenvalue weighted by Gasteiger charge is 2.04. The van der Waals surface area contributed by atoms with E-state index in [4.69, 9.17) is 5.73 Å². The predicted molar refractivity (Wildman–Crippen MR) is 76.5 cm³/mol. The molecule has 0 aromatic heterocycles. The van der Waals surface area contributed by atoms with Crippen LogP contribution in [0.1, 0.15) is 25.8 Å². The molecule has 100 valence electrons. The fraction of sp³-hybridized carbons (Fsp3) is 0.500. The molecule has 4 heteroatoms. The Morgan fingerprint density at radius 2 is 2.11 bits per heavy atom. The van der Waals surface area contributed by atoms with Crippen molar-refractivity contribution in [2.45, 2.75) is 27.2 Å². The molecular weight excluding hydrogens is 226 g/mol. The van der Waals surface area contributed by atoms with Gasteiger partial charge in [0.2, 0.25) is 5.91 Å². The van der Waals surface area contributed by atoms with E-state index < -0.39 is 0 Å². The second kappa shape index (κ2) is 6.89. The normalized spacial score (nSPS) is 10.4. The first-order chi connectivity index (χ1) is 8.50. The van der Waals surface area contributed by atoms with E-state index in [1.54, 1.807) is 0 Å². The van der Waals surface area contributed by atoms with Gasteiger partial charge in [0, 0.05) is 30.9 Å². The summed E-state index contributed by atoms with van der Waals surface area (Å²) in [5.74, 6) is 0.566. The highest BCUT2D eigenvalue weighted by molar-refractivity contribution is 5.76. The van der Waals surface area contributed by atoms with Crippen LogP contribution in [-0.4, -0.2) is 19.0 Å². The lowest BCUT2D eigenvalue weighted by atomic mass is 10.1. The van der Waals surface area contributed by atoms with E-state index in [0.717, 1.165) is 23.5 Å². The maximum atomic E-state index is 11.5. The van der Waals surface area contributed by atoms with Gasteiger partial charge in [0.25, 0.3) is 0 Å². The lowest BCUT2D eigenvalue weighted by Gasteiger charge is -2.11. The van der Waals surface area contributed by atoms with Gasteiger partial charge in [-0.1, -0.05) is 19.9 Å². The number of benzene rings is 1. The second-order valence-corrected chi connectivity index (χ2v) is 4.89. The van der Waals surface area contributed by atoms with Crippen molar-refractivity contribution in [3.05, 3.63) is 23.8 Å². The molecule has 1 amide bonds. The lowest BCUT2D eigenvalue weighted by Crippen LogP contribution is -2.28. The highest BCUT2D eigenvalue weighted by atomic mass is 16.1. The molecular formula is C14H23N3O. The molecule has 0 unspecified atom stereocenters. The number of anilines is 2. The third-order valence-corrected chi connectivity index (χ3v) is 2.75. The van der Waals surface area contributed by atoms with Crippen molar-refractivity contribution in [2.24, 2.45) is 5.92 Å². The van der Waals surface area contributed by atoms with Gasteiger partial charge in [-0.25, -0.2) is 0 Å². The molecule has 1 aromatic rings. The fourth-order valence-corrected chi connectivity index (χ4v) is 1.56. The fourth-order valence-electron chi connectivity index (χ4n) is 1.56. The van der Waals surface area contributed by atoms with Gasteiger partial charge in [0.15, 0.2) is 0 Å². The van der Waals surface area contributed by atoms with Crippen molar-refractivity contribution in [1.82, 2.24) is 5.32 Å². The molecule has 0 spiro atoms. The van der Waals surface area contributed by atoms with Crippen molar-refractivity contribution in [3.63, 3.8) is 0 Å². The second-order valence-electron chi connectivity index (χ2n) is 4.89. The van der Waals surface area contributed by atoms with Crippen LogP contribution < -0.4 is 16.4 Å². The molecule has 4 nitrogen and oxygen atoms in total. The number of carbonyl (C=O) groups excluding carboxylic acids is 1. The third-order valence-electron chi connectivity index (χ3n) is 2.75. The van der Waals surface area contributed by atoms with Crippen molar-refractivity contribution in [2.75, 3.05) is 24.1 Å². The molecule has 0 fully saturated rings. The van der Waals surface area contributed by atoms with E-state index in [-0.39, 0.29) is 5.91 Å². The van der Waals surface area contributed by atoms with Crippen molar-refractivity contribution in [1.29, 1.82) is 0 Å². The molecule has 18 heavy (non-hydrogen) atoms. The Labute approximate surface area is 109 Å². The summed E-state index contributed by atoms with van der Waals surface area (Å²) in [4.78, 5) is 11.5. The molecule has 0 radical (unpaired) electrons. The zero-order chi connectivity index (χ0) is 13.5. The van der Waals surface area contributed by atoms with E-state index in [1.807, 2.05) is 25.1 Å². The van der Waals surface area contributed by atoms with E-state index >= 15 is 0 Å². The predicted octanol–water partition coefficient (Wildman–Crippen LogP) is 2.15. The summed E-state index contributed by atoms with van der Waals surface area (Å²) in [6.45, 7) is 7.48. The number of nitrogens with two attached hydrogens (primary N) is 1. The van der Waals surface area contributed by atoms with Crippen LogP contribution in [-0.2, 0) is 4.79 Å². The minimum absolute atomic E-state index is 0.0813. The van der Waals surface area contributed by atoms with Gasteiger partial charge in [-0.3, -0.25) is 4.79 Å². The number of amides is 1. The van der Waals surface area contributed by atoms with Crippen LogP contribution in [0.2, 0.25) is 0 Å². The van der Waals surface area contributed by atoms with E-state index in [2.05, 4.69) is 24.5 Å². The maximum Gasteiger partial charge on any atom is 0.221 e. The van der Waals surface area contributed by atoms with E-state index in [1.165, 1.54) is 0 Å². The third kappa shape index (κ3) is 4.65. The van der Waals surface area contributed by atoms with E-state index in [9.17, 15) is 4.79 Å². The van der Waals surface area contributed by atoms with Crippen LogP contribution in [0.5, 0.6) is 0 Å². The first-order valence-electron chi connectivity index (χ1n) is 6.36. The topological polar surface area (TPSA) is 67.1 Å². The minimum Gasteiger partial charge on any atom is -0.398 e. The largest absolute Gasteiger partial charge is 0.398 e. The molecule has 0 atom stereocenters. The standard InChI is InChI=1S/C14H23N3O/c1-10(2)9-17-14(18)7-8-16-13-6-4-5-12(15)11(13)3/h4-6,10,16H,7-9,15H2,1-3H3,(H,17,18). The van der Waals surface area contributed by atoms with Crippen LogP contribution in [0.15, 0.2) is 18.2 Å². The Morgan fingerprint density at radius 3 is 2.78 bits per heavy atom. The number of hydrogen-bond donors (Lipinski definition) is 3. The summed E-state index contributed by atoms with van der Waals surface area (Å²) >= 11 is 0. The zero-order valence-corrected chi connectivity index (χ0v) is 11.4. The van der Waals surface area contributed by atoms with Crippen LogP contribution in [0, 0.1) is 12.8 Å². The van der Waals surface area contributed by atoms with Crippen LogP contribution in [0.3, 0.4) is 0 Å². The summed E-state index contributed by atoms with van der Waals surface area (Å²) in [6, 6.07) is 5.75. The molecule has 1 rings (SSSR count). The molecule has 0 saturated heterocycles. The first-order valence-corrected chi connectivity index (χ1v) is 6.36. The van der Waals surface area contributed by atoms with Crippen molar-refractivity contribution in [3.8, 4) is 0 Å². The molecule has 0 heterocycles.